The zero-order valence-electron chi connectivity index (χ0n) is 21.7. The molecule has 8 nitrogen and oxygen atoms in total. The first-order valence-electron chi connectivity index (χ1n) is 12.0. The van der Waals surface area contributed by atoms with E-state index in [4.69, 9.17) is 14.2 Å². The first kappa shape index (κ1) is 26.2. The second-order valence-corrected chi connectivity index (χ2v) is 10.4. The number of hydrogen-bond donors (Lipinski definition) is 2. The average molecular weight is 473 g/mol. The summed E-state index contributed by atoms with van der Waals surface area (Å²) in [6, 6.07) is 7.78. The van der Waals surface area contributed by atoms with E-state index < -0.39 is 6.41 Å². The van der Waals surface area contributed by atoms with Crippen molar-refractivity contribution in [3.05, 3.63) is 41.6 Å². The van der Waals surface area contributed by atoms with Gasteiger partial charge in [0.1, 0.15) is 11.6 Å². The fraction of sp³-hybridized carbons (Fsp3) is 0.615. The molecule has 0 bridgehead atoms. The molecular weight excluding hydrogens is 432 g/mol. The molecule has 1 saturated heterocycles. The number of aliphatic hydroxyl groups is 1. The van der Waals surface area contributed by atoms with Gasteiger partial charge < -0.3 is 24.6 Å². The SMILES string of the molecule is Cc1cc([C@H](C)Nc2nccc(N3C(O)OC[C@@H]3[C@@H](C)OC(C)(C)C)n2)ccc1OCC(C)C. The Morgan fingerprint density at radius 3 is 2.59 bits per heavy atom. The lowest BCUT2D eigenvalue weighted by molar-refractivity contribution is -0.0656. The number of aromatic nitrogens is 2. The van der Waals surface area contributed by atoms with Crippen LogP contribution in [0.4, 0.5) is 11.8 Å². The third-order valence-electron chi connectivity index (χ3n) is 5.61. The summed E-state index contributed by atoms with van der Waals surface area (Å²) in [5, 5.41) is 13.9. The van der Waals surface area contributed by atoms with Gasteiger partial charge in [-0.25, -0.2) is 4.98 Å². The number of benzene rings is 1. The highest BCUT2D eigenvalue weighted by Crippen LogP contribution is 2.29. The molecule has 34 heavy (non-hydrogen) atoms. The first-order chi connectivity index (χ1) is 15.9. The maximum Gasteiger partial charge on any atom is 0.239 e. The maximum atomic E-state index is 10.5. The van der Waals surface area contributed by atoms with Gasteiger partial charge in [-0.05, 0) is 70.7 Å². The van der Waals surface area contributed by atoms with Crippen LogP contribution >= 0.6 is 0 Å². The van der Waals surface area contributed by atoms with Crippen LogP contribution in [0.5, 0.6) is 5.75 Å². The Hall–Kier alpha value is -2.42. The lowest BCUT2D eigenvalue weighted by atomic mass is 10.1. The molecule has 1 aromatic heterocycles. The predicted molar refractivity (Wildman–Crippen MR) is 134 cm³/mol. The van der Waals surface area contributed by atoms with E-state index >= 15 is 0 Å². The summed E-state index contributed by atoms with van der Waals surface area (Å²) in [6.45, 7) is 17.5. The highest BCUT2D eigenvalue weighted by Gasteiger charge is 2.39. The van der Waals surface area contributed by atoms with Gasteiger partial charge in [0.15, 0.2) is 0 Å². The normalized spacial score (nSPS) is 20.5. The van der Waals surface area contributed by atoms with E-state index in [-0.39, 0.29) is 23.8 Å². The molecule has 2 N–H and O–H groups in total. The van der Waals surface area contributed by atoms with Gasteiger partial charge in [0.2, 0.25) is 12.4 Å². The van der Waals surface area contributed by atoms with E-state index in [2.05, 4.69) is 55.1 Å². The number of nitrogens with zero attached hydrogens (tertiary/aromatic N) is 3. The minimum Gasteiger partial charge on any atom is -0.493 e. The monoisotopic (exact) mass is 472 g/mol. The molecule has 188 valence electrons. The first-order valence-corrected chi connectivity index (χ1v) is 12.0. The number of anilines is 2. The van der Waals surface area contributed by atoms with Crippen molar-refractivity contribution < 1.29 is 19.3 Å². The summed E-state index contributed by atoms with van der Waals surface area (Å²) in [5.41, 5.74) is 1.90. The van der Waals surface area contributed by atoms with Crippen LogP contribution in [-0.2, 0) is 9.47 Å². The van der Waals surface area contributed by atoms with Gasteiger partial charge in [-0.1, -0.05) is 26.0 Å². The van der Waals surface area contributed by atoms with Crippen LogP contribution in [0.3, 0.4) is 0 Å². The van der Waals surface area contributed by atoms with Gasteiger partial charge in [0.25, 0.3) is 0 Å². The summed E-state index contributed by atoms with van der Waals surface area (Å²) >= 11 is 0. The largest absolute Gasteiger partial charge is 0.493 e. The van der Waals surface area contributed by atoms with E-state index in [0.29, 0.717) is 30.9 Å². The molecule has 1 aromatic carbocycles. The molecule has 1 unspecified atom stereocenters. The highest BCUT2D eigenvalue weighted by atomic mass is 16.6. The lowest BCUT2D eigenvalue weighted by Crippen LogP contribution is -2.46. The molecule has 4 atom stereocenters. The zero-order valence-corrected chi connectivity index (χ0v) is 21.7. The number of rotatable bonds is 9. The zero-order chi connectivity index (χ0) is 25.0. The van der Waals surface area contributed by atoms with Gasteiger partial charge in [0.05, 0.1) is 37.0 Å². The van der Waals surface area contributed by atoms with Crippen molar-refractivity contribution in [2.45, 2.75) is 85.6 Å². The van der Waals surface area contributed by atoms with E-state index in [1.807, 2.05) is 33.8 Å². The Labute approximate surface area is 203 Å². The molecule has 2 aromatic rings. The summed E-state index contributed by atoms with van der Waals surface area (Å²) < 4.78 is 17.5. The molecule has 0 aliphatic carbocycles. The minimum absolute atomic E-state index is 0.0215. The topological polar surface area (TPSA) is 89.0 Å². The molecule has 0 radical (unpaired) electrons. The van der Waals surface area contributed by atoms with Crippen molar-refractivity contribution in [1.82, 2.24) is 9.97 Å². The van der Waals surface area contributed by atoms with Gasteiger partial charge in [-0.15, -0.1) is 0 Å². The second kappa shape index (κ2) is 10.9. The van der Waals surface area contributed by atoms with Crippen LogP contribution < -0.4 is 15.0 Å². The van der Waals surface area contributed by atoms with Gasteiger partial charge in [-0.3, -0.25) is 4.90 Å². The van der Waals surface area contributed by atoms with E-state index in [1.54, 1.807) is 17.2 Å². The molecule has 8 heteroatoms. The average Bonchev–Trinajstić information content (AvgIpc) is 3.13. The number of nitrogens with one attached hydrogen (secondary N) is 1. The van der Waals surface area contributed by atoms with Crippen LogP contribution in [0.25, 0.3) is 0 Å². The van der Waals surface area contributed by atoms with Crippen molar-refractivity contribution in [2.75, 3.05) is 23.4 Å². The fourth-order valence-corrected chi connectivity index (χ4v) is 3.99. The summed E-state index contributed by atoms with van der Waals surface area (Å²) in [6.07, 6.45) is 0.433. The molecule has 1 aliphatic heterocycles. The molecule has 0 amide bonds. The van der Waals surface area contributed by atoms with Crippen molar-refractivity contribution >= 4 is 11.8 Å². The number of aliphatic hydroxyl groups excluding tert-OH is 1. The van der Waals surface area contributed by atoms with Crippen molar-refractivity contribution in [3.8, 4) is 5.75 Å². The lowest BCUT2D eigenvalue weighted by Gasteiger charge is -2.34. The Morgan fingerprint density at radius 1 is 1.21 bits per heavy atom. The standard InChI is InChI=1S/C26H40N4O4/c1-16(2)14-32-22-10-9-20(13-17(22)3)18(4)28-24-27-12-11-23(29-24)30-21(15-33-25(30)31)19(5)34-26(6,7)8/h9-13,16,18-19,21,25,31H,14-15H2,1-8H3,(H,27,28,29)/t18-,19+,21+,25?/m0/s1. The van der Waals surface area contributed by atoms with Crippen LogP contribution in [0.2, 0.25) is 0 Å². The summed E-state index contributed by atoms with van der Waals surface area (Å²) in [7, 11) is 0. The van der Waals surface area contributed by atoms with Crippen molar-refractivity contribution in [3.63, 3.8) is 0 Å². The van der Waals surface area contributed by atoms with Crippen LogP contribution in [-0.4, -0.2) is 52.4 Å². The molecular formula is C26H40N4O4. The third kappa shape index (κ3) is 6.81. The van der Waals surface area contributed by atoms with Gasteiger partial charge >= 0.3 is 0 Å². The molecule has 1 aliphatic rings. The van der Waals surface area contributed by atoms with Gasteiger partial charge in [0, 0.05) is 6.20 Å². The third-order valence-corrected chi connectivity index (χ3v) is 5.61. The Balaban J connectivity index is 1.73. The van der Waals surface area contributed by atoms with E-state index in [0.717, 1.165) is 16.9 Å². The quantitative estimate of drug-likeness (QED) is 0.544. The molecule has 0 saturated carbocycles. The van der Waals surface area contributed by atoms with E-state index in [1.165, 1.54) is 0 Å². The van der Waals surface area contributed by atoms with Crippen molar-refractivity contribution in [2.24, 2.45) is 5.92 Å². The maximum absolute atomic E-state index is 10.5. The second-order valence-electron chi connectivity index (χ2n) is 10.4. The molecule has 2 heterocycles. The van der Waals surface area contributed by atoms with Crippen LogP contribution in [0, 0.1) is 12.8 Å². The summed E-state index contributed by atoms with van der Waals surface area (Å²) in [4.78, 5) is 10.8. The molecule has 1 fully saturated rings. The van der Waals surface area contributed by atoms with Gasteiger partial charge in [-0.2, -0.15) is 4.98 Å². The fourth-order valence-electron chi connectivity index (χ4n) is 3.99. The number of ether oxygens (including phenoxy) is 3. The Bertz CT molecular complexity index is 947. The van der Waals surface area contributed by atoms with Crippen molar-refractivity contribution in [1.29, 1.82) is 0 Å². The number of hydrogen-bond acceptors (Lipinski definition) is 8. The molecule has 0 spiro atoms. The van der Waals surface area contributed by atoms with E-state index in [9.17, 15) is 5.11 Å². The van der Waals surface area contributed by atoms with Crippen LogP contribution in [0.15, 0.2) is 30.5 Å². The Morgan fingerprint density at radius 2 is 1.94 bits per heavy atom. The summed E-state index contributed by atoms with van der Waals surface area (Å²) in [5.74, 6) is 2.44. The Kier molecular flexibility index (Phi) is 8.38. The predicted octanol–water partition coefficient (Wildman–Crippen LogP) is 4.68. The minimum atomic E-state index is -1.09. The molecule has 3 rings (SSSR count). The highest BCUT2D eigenvalue weighted by molar-refractivity contribution is 5.46. The number of aryl methyl sites for hydroxylation is 1. The smallest absolute Gasteiger partial charge is 0.239 e. The van der Waals surface area contributed by atoms with Crippen LogP contribution in [0.1, 0.15) is 65.6 Å².